The number of nitrogens with one attached hydrogen (secondary N) is 3. The molecule has 0 radical (unpaired) electrons. The van der Waals surface area contributed by atoms with Crippen molar-refractivity contribution in [2.24, 2.45) is 4.99 Å². The number of fused-ring (bicyclic) bond motifs is 8. The highest BCUT2D eigenvalue weighted by atomic mass is 33.1. The van der Waals surface area contributed by atoms with E-state index in [2.05, 4.69) is 28.6 Å². The fraction of sp³-hybridized carbons (Fsp3) is 0.362. The van der Waals surface area contributed by atoms with E-state index < -0.39 is 43.1 Å². The molecule has 10 rings (SSSR count). The molecule has 6 amide bonds. The van der Waals surface area contributed by atoms with Crippen LogP contribution in [0, 0.1) is 0 Å². The van der Waals surface area contributed by atoms with E-state index in [4.69, 9.17) is 23.9 Å². The van der Waals surface area contributed by atoms with Gasteiger partial charge >= 0.3 is 0 Å². The maximum absolute atomic E-state index is 14.2. The Kier molecular flexibility index (Phi) is 17.2. The van der Waals surface area contributed by atoms with E-state index in [0.29, 0.717) is 81.7 Å². The lowest BCUT2D eigenvalue weighted by atomic mass is 10.1. The molecule has 5 heterocycles. The van der Waals surface area contributed by atoms with Crippen molar-refractivity contribution in [2.75, 3.05) is 60.0 Å². The highest BCUT2D eigenvalue weighted by Crippen LogP contribution is 2.44. The zero-order chi connectivity index (χ0) is 58.0. The first kappa shape index (κ1) is 58.0. The van der Waals surface area contributed by atoms with Crippen LogP contribution >= 0.6 is 34.2 Å². The number of thiol groups is 1. The molecule has 0 aromatic heterocycles. The zero-order valence-corrected chi connectivity index (χ0v) is 48.7. The number of carbonyl (C=O) groups excluding carboxylic acids is 6. The monoisotopic (exact) mass is 1190 g/mol. The SMILES string of the molecule is COc1cc2c(cc1OCc1cc(COc3cc4c(cc3OC)C(=O)N3c5ccccc5C[C@H]3CN4)cc(NC(=O)CCC(C)(C)SSCCC(C(=O)NCCN3C(=O)CC(S)C3=O)S(=O)(=O)O)c1)N=C[C@@H]1Cc3ccccc3N1C2=O. The number of benzene rings is 5. The molecule has 5 aliphatic heterocycles. The normalized spacial score (nSPS) is 18.3. The molecule has 82 heavy (non-hydrogen) atoms. The number of methoxy groups -OCH3 is 2. The predicted molar refractivity (Wildman–Crippen MR) is 318 cm³/mol. The van der Waals surface area contributed by atoms with E-state index in [1.165, 1.54) is 35.8 Å². The summed E-state index contributed by atoms with van der Waals surface area (Å²) in [4.78, 5) is 88.5. The Morgan fingerprint density at radius 2 is 1.46 bits per heavy atom. The summed E-state index contributed by atoms with van der Waals surface area (Å²) < 4.78 is 58.4. The van der Waals surface area contributed by atoms with Crippen molar-refractivity contribution in [1.82, 2.24) is 10.2 Å². The molecule has 0 saturated carbocycles. The van der Waals surface area contributed by atoms with Crippen molar-refractivity contribution >= 4 is 114 Å². The fourth-order valence-corrected chi connectivity index (χ4v) is 14.6. The molecule has 1 saturated heterocycles. The zero-order valence-electron chi connectivity index (χ0n) is 45.3. The number of ether oxygens (including phenoxy) is 4. The number of imide groups is 1. The van der Waals surface area contributed by atoms with Gasteiger partial charge in [0.15, 0.2) is 28.2 Å². The standard InChI is InChI=1S/C58H61N7O13S4/c1-58(2,81-80-18-14-51(82(72,73)74)54(68)59-16-17-63-53(67)28-50(79)57(63)71)15-13-52(66)62-37-20-33(31-77-48-26-42-40(24-46(48)75-3)55(69)64-38(29-60-42)22-35-9-5-7-11-44(35)64)19-34(21-37)32-78-49-27-43-41(25-47(49)76-4)56(70)65-39(30-61-43)23-36-10-6-8-12-45(36)65/h5-12,19-21,24-27,29,38-39,50-51,61,79H,13-18,22-23,28,30-32H2,1-4H3,(H,59,68)(H,62,66)(H,72,73,74)/t38-,39-,50?,51?/m0/s1. The van der Waals surface area contributed by atoms with Crippen LogP contribution in [0.2, 0.25) is 0 Å². The maximum atomic E-state index is 14.2. The van der Waals surface area contributed by atoms with Crippen LogP contribution in [-0.4, -0.2) is 126 Å². The molecule has 2 unspecified atom stereocenters. The molecule has 24 heteroatoms. The van der Waals surface area contributed by atoms with Crippen molar-refractivity contribution in [3.8, 4) is 23.0 Å². The summed E-state index contributed by atoms with van der Waals surface area (Å²) in [5, 5.41) is 6.37. The number of rotatable bonds is 22. The predicted octanol–water partition coefficient (Wildman–Crippen LogP) is 7.84. The molecule has 20 nitrogen and oxygen atoms in total. The lowest BCUT2D eigenvalue weighted by Gasteiger charge is -2.23. The van der Waals surface area contributed by atoms with E-state index in [9.17, 15) is 41.7 Å². The summed E-state index contributed by atoms with van der Waals surface area (Å²) in [5.41, 5.74) is 7.53. The molecule has 4 atom stereocenters. The van der Waals surface area contributed by atoms with Crippen molar-refractivity contribution in [3.05, 3.63) is 124 Å². The number of carbonyl (C=O) groups is 6. The molecule has 430 valence electrons. The summed E-state index contributed by atoms with van der Waals surface area (Å²) in [7, 11) is 0.895. The summed E-state index contributed by atoms with van der Waals surface area (Å²) >= 11 is 4.08. The van der Waals surface area contributed by atoms with E-state index >= 15 is 0 Å². The smallest absolute Gasteiger partial charge is 0.276 e. The van der Waals surface area contributed by atoms with Crippen LogP contribution in [0.3, 0.4) is 0 Å². The van der Waals surface area contributed by atoms with Gasteiger partial charge in [0, 0.05) is 84.8 Å². The maximum Gasteiger partial charge on any atom is 0.276 e. The van der Waals surface area contributed by atoms with E-state index in [1.807, 2.05) is 73.3 Å². The highest BCUT2D eigenvalue weighted by Gasteiger charge is 2.40. The van der Waals surface area contributed by atoms with Crippen LogP contribution in [-0.2, 0) is 55.4 Å². The Morgan fingerprint density at radius 3 is 2.12 bits per heavy atom. The van der Waals surface area contributed by atoms with Crippen LogP contribution in [0.4, 0.5) is 28.4 Å². The van der Waals surface area contributed by atoms with Crippen LogP contribution in [0.1, 0.15) is 82.5 Å². The number of aliphatic imine (C=N–C) groups is 1. The minimum absolute atomic E-state index is 0.000948. The van der Waals surface area contributed by atoms with Gasteiger partial charge in [0.25, 0.3) is 21.9 Å². The summed E-state index contributed by atoms with van der Waals surface area (Å²) in [6.45, 7) is 4.04. The van der Waals surface area contributed by atoms with Crippen LogP contribution in [0.25, 0.3) is 0 Å². The van der Waals surface area contributed by atoms with Crippen molar-refractivity contribution < 1.29 is 60.7 Å². The van der Waals surface area contributed by atoms with E-state index in [0.717, 1.165) is 33.8 Å². The van der Waals surface area contributed by atoms with Gasteiger partial charge in [-0.3, -0.25) is 48.1 Å². The van der Waals surface area contributed by atoms with Crippen LogP contribution in [0.15, 0.2) is 96.0 Å². The second-order valence-corrected chi connectivity index (χ2v) is 26.3. The third-order valence-electron chi connectivity index (χ3n) is 14.8. The van der Waals surface area contributed by atoms with Gasteiger partial charge in [0.1, 0.15) is 13.2 Å². The second-order valence-electron chi connectivity index (χ2n) is 21.0. The summed E-state index contributed by atoms with van der Waals surface area (Å²) in [6, 6.07) is 27.6. The first-order valence-electron chi connectivity index (χ1n) is 26.6. The third kappa shape index (κ3) is 12.5. The molecular formula is C58H61N7O13S4. The van der Waals surface area contributed by atoms with Gasteiger partial charge < -0.3 is 39.8 Å². The van der Waals surface area contributed by atoms with Gasteiger partial charge in [-0.1, -0.05) is 58.0 Å². The largest absolute Gasteiger partial charge is 0.493 e. The van der Waals surface area contributed by atoms with Crippen molar-refractivity contribution in [1.29, 1.82) is 0 Å². The lowest BCUT2D eigenvalue weighted by molar-refractivity contribution is -0.138. The molecule has 4 N–H and O–H groups in total. The minimum Gasteiger partial charge on any atom is -0.493 e. The Bertz CT molecular complexity index is 3530. The molecular weight excluding hydrogens is 1130 g/mol. The topological polar surface area (TPSA) is 252 Å². The number of hydrogen-bond acceptors (Lipinski definition) is 17. The minimum atomic E-state index is -4.80. The number of nitrogens with zero attached hydrogens (tertiary/aromatic N) is 4. The Morgan fingerprint density at radius 1 is 0.829 bits per heavy atom. The molecule has 1 fully saturated rings. The molecule has 0 spiro atoms. The number of para-hydroxylation sites is 2. The van der Waals surface area contributed by atoms with Crippen molar-refractivity contribution in [2.45, 2.75) is 92.9 Å². The van der Waals surface area contributed by atoms with E-state index in [1.54, 1.807) is 47.5 Å². The van der Waals surface area contributed by atoms with Crippen molar-refractivity contribution in [3.63, 3.8) is 0 Å². The molecule has 5 aromatic carbocycles. The third-order valence-corrected chi connectivity index (χ3v) is 19.8. The Hall–Kier alpha value is -7.25. The number of likely N-dealkylation sites (tertiary alicyclic amines) is 1. The van der Waals surface area contributed by atoms with Gasteiger partial charge in [-0.25, -0.2) is 0 Å². The van der Waals surface area contributed by atoms with Gasteiger partial charge in [-0.05, 0) is 97.8 Å². The van der Waals surface area contributed by atoms with Gasteiger partial charge in [-0.2, -0.15) is 21.0 Å². The second kappa shape index (κ2) is 24.3. The fourth-order valence-electron chi connectivity index (χ4n) is 10.7. The molecule has 5 aromatic rings. The summed E-state index contributed by atoms with van der Waals surface area (Å²) in [6.07, 6.45) is 3.35. The molecule has 0 aliphatic carbocycles. The highest BCUT2D eigenvalue weighted by molar-refractivity contribution is 8.77. The van der Waals surface area contributed by atoms with E-state index in [-0.39, 0.29) is 81.1 Å². The lowest BCUT2D eigenvalue weighted by Crippen LogP contribution is -2.44. The molecule has 0 bridgehead atoms. The number of amides is 6. The van der Waals surface area contributed by atoms with Gasteiger partial charge in [-0.15, -0.1) is 0 Å². The van der Waals surface area contributed by atoms with Crippen LogP contribution < -0.4 is 44.7 Å². The Labute approximate surface area is 488 Å². The number of hydrogen-bond donors (Lipinski definition) is 5. The quantitative estimate of drug-likeness (QED) is 0.0145. The summed E-state index contributed by atoms with van der Waals surface area (Å²) in [5.74, 6) is -0.982. The first-order valence-corrected chi connectivity index (χ1v) is 30.9. The van der Waals surface area contributed by atoms with Gasteiger partial charge in [0.2, 0.25) is 23.6 Å². The average molecular weight is 1190 g/mol. The van der Waals surface area contributed by atoms with Gasteiger partial charge in [0.05, 0.1) is 54.1 Å². The van der Waals surface area contributed by atoms with Crippen LogP contribution in [0.5, 0.6) is 23.0 Å². The first-order chi connectivity index (χ1) is 39.3. The number of anilines is 4. The average Bonchev–Trinajstić information content (AvgIpc) is 4.11. The Balaban J connectivity index is 0.817. The molecule has 5 aliphatic rings.